The second-order valence-corrected chi connectivity index (χ2v) is 5.35. The molecule has 118 valence electrons. The van der Waals surface area contributed by atoms with E-state index in [1.165, 1.54) is 0 Å². The zero-order valence-corrected chi connectivity index (χ0v) is 12.9. The van der Waals surface area contributed by atoms with E-state index < -0.39 is 0 Å². The van der Waals surface area contributed by atoms with Crippen molar-refractivity contribution in [1.29, 1.82) is 0 Å². The summed E-state index contributed by atoms with van der Waals surface area (Å²) >= 11 is 0. The van der Waals surface area contributed by atoms with Gasteiger partial charge in [-0.3, -0.25) is 4.79 Å². The standard InChI is InChI=1S/C18H14N4O2/c1-24-14-7-4-6-13(10-14)22-11-17(20-21-22)15-9-12-5-2-3-8-16(12)19-18(15)23/h2-11H,1H3,(H,19,23). The highest BCUT2D eigenvalue weighted by Gasteiger charge is 2.11. The molecule has 0 aliphatic carbocycles. The van der Waals surface area contributed by atoms with Crippen molar-refractivity contribution in [2.45, 2.75) is 0 Å². The average molecular weight is 318 g/mol. The van der Waals surface area contributed by atoms with Gasteiger partial charge in [0.25, 0.3) is 5.56 Å². The fourth-order valence-corrected chi connectivity index (χ4v) is 2.60. The van der Waals surface area contributed by atoms with Gasteiger partial charge in [-0.05, 0) is 29.7 Å². The van der Waals surface area contributed by atoms with Crippen molar-refractivity contribution in [2.75, 3.05) is 7.11 Å². The van der Waals surface area contributed by atoms with Crippen LogP contribution in [0.5, 0.6) is 5.75 Å². The number of benzene rings is 2. The molecular formula is C18H14N4O2. The van der Waals surface area contributed by atoms with Crippen LogP contribution < -0.4 is 10.3 Å². The topological polar surface area (TPSA) is 72.8 Å². The minimum absolute atomic E-state index is 0.189. The third kappa shape index (κ3) is 2.44. The Bertz CT molecular complexity index is 1080. The molecule has 0 saturated heterocycles. The molecule has 0 saturated carbocycles. The molecule has 0 radical (unpaired) electrons. The normalized spacial score (nSPS) is 10.9. The predicted octanol–water partition coefficient (Wildman–Crippen LogP) is 2.78. The van der Waals surface area contributed by atoms with Crippen molar-refractivity contribution in [1.82, 2.24) is 20.0 Å². The molecule has 0 bridgehead atoms. The number of pyridine rings is 1. The number of H-pyrrole nitrogens is 1. The van der Waals surface area contributed by atoms with Gasteiger partial charge in [0.1, 0.15) is 11.4 Å². The molecule has 4 rings (SSSR count). The van der Waals surface area contributed by atoms with Crippen LogP contribution in [-0.4, -0.2) is 27.1 Å². The van der Waals surface area contributed by atoms with Crippen LogP contribution in [0.2, 0.25) is 0 Å². The lowest BCUT2D eigenvalue weighted by atomic mass is 10.1. The van der Waals surface area contributed by atoms with E-state index in [0.717, 1.165) is 22.3 Å². The Morgan fingerprint density at radius 2 is 1.96 bits per heavy atom. The summed E-state index contributed by atoms with van der Waals surface area (Å²) in [5, 5.41) is 9.20. The number of hydrogen-bond acceptors (Lipinski definition) is 4. The molecule has 0 atom stereocenters. The van der Waals surface area contributed by atoms with Crippen molar-refractivity contribution < 1.29 is 4.74 Å². The molecule has 2 aromatic heterocycles. The van der Waals surface area contributed by atoms with E-state index in [2.05, 4.69) is 15.3 Å². The molecule has 0 aliphatic heterocycles. The van der Waals surface area contributed by atoms with Crippen LogP contribution in [0.3, 0.4) is 0 Å². The van der Waals surface area contributed by atoms with Crippen LogP contribution in [0.25, 0.3) is 27.8 Å². The van der Waals surface area contributed by atoms with Crippen LogP contribution in [-0.2, 0) is 0 Å². The van der Waals surface area contributed by atoms with E-state index in [1.807, 2.05) is 54.6 Å². The zero-order valence-electron chi connectivity index (χ0n) is 12.9. The second-order valence-electron chi connectivity index (χ2n) is 5.35. The van der Waals surface area contributed by atoms with Gasteiger partial charge in [-0.2, -0.15) is 0 Å². The van der Waals surface area contributed by atoms with E-state index >= 15 is 0 Å². The van der Waals surface area contributed by atoms with Gasteiger partial charge in [-0.1, -0.05) is 29.5 Å². The molecule has 0 spiro atoms. The maximum absolute atomic E-state index is 12.3. The highest BCUT2D eigenvalue weighted by molar-refractivity contribution is 5.82. The smallest absolute Gasteiger partial charge is 0.258 e. The molecule has 6 heteroatoms. The number of nitrogens with zero attached hydrogens (tertiary/aromatic N) is 3. The number of ether oxygens (including phenoxy) is 1. The zero-order chi connectivity index (χ0) is 16.5. The Morgan fingerprint density at radius 3 is 2.83 bits per heavy atom. The van der Waals surface area contributed by atoms with Gasteiger partial charge < -0.3 is 9.72 Å². The monoisotopic (exact) mass is 318 g/mol. The van der Waals surface area contributed by atoms with Gasteiger partial charge in [-0.25, -0.2) is 4.68 Å². The summed E-state index contributed by atoms with van der Waals surface area (Å²) in [6.07, 6.45) is 1.73. The highest BCUT2D eigenvalue weighted by atomic mass is 16.5. The lowest BCUT2D eigenvalue weighted by Gasteiger charge is -2.03. The summed E-state index contributed by atoms with van der Waals surface area (Å²) < 4.78 is 6.84. The lowest BCUT2D eigenvalue weighted by Crippen LogP contribution is -2.08. The van der Waals surface area contributed by atoms with E-state index in [0.29, 0.717) is 11.3 Å². The summed E-state index contributed by atoms with van der Waals surface area (Å²) in [6.45, 7) is 0. The summed E-state index contributed by atoms with van der Waals surface area (Å²) in [7, 11) is 1.61. The number of rotatable bonds is 3. The van der Waals surface area contributed by atoms with Gasteiger partial charge >= 0.3 is 0 Å². The number of hydrogen-bond donors (Lipinski definition) is 1. The number of methoxy groups -OCH3 is 1. The van der Waals surface area contributed by atoms with Crippen molar-refractivity contribution in [2.24, 2.45) is 0 Å². The number of para-hydroxylation sites is 1. The SMILES string of the molecule is COc1cccc(-n2cc(-c3cc4ccccc4[nH]c3=O)nn2)c1. The molecule has 0 aliphatic rings. The Kier molecular flexibility index (Phi) is 3.35. The first kappa shape index (κ1) is 14.2. The van der Waals surface area contributed by atoms with E-state index in [4.69, 9.17) is 4.74 Å². The third-order valence-electron chi connectivity index (χ3n) is 3.84. The molecule has 6 nitrogen and oxygen atoms in total. The third-order valence-corrected chi connectivity index (χ3v) is 3.84. The summed E-state index contributed by atoms with van der Waals surface area (Å²) in [5.41, 5.74) is 2.43. The molecule has 0 unspecified atom stereocenters. The van der Waals surface area contributed by atoms with Gasteiger partial charge in [0.2, 0.25) is 0 Å². The predicted molar refractivity (Wildman–Crippen MR) is 91.5 cm³/mol. The maximum Gasteiger partial charge on any atom is 0.258 e. The molecule has 0 fully saturated rings. The number of fused-ring (bicyclic) bond motifs is 1. The van der Waals surface area contributed by atoms with E-state index in [9.17, 15) is 4.79 Å². The van der Waals surface area contributed by atoms with Crippen LogP contribution in [0.4, 0.5) is 0 Å². The van der Waals surface area contributed by atoms with Gasteiger partial charge in [0.05, 0.1) is 24.6 Å². The first-order valence-corrected chi connectivity index (χ1v) is 7.44. The van der Waals surface area contributed by atoms with Gasteiger partial charge in [0, 0.05) is 11.6 Å². The number of aromatic amines is 1. The van der Waals surface area contributed by atoms with Crippen molar-refractivity contribution in [3.8, 4) is 22.7 Å². The Balaban J connectivity index is 1.80. The maximum atomic E-state index is 12.3. The molecule has 2 heterocycles. The van der Waals surface area contributed by atoms with Crippen LogP contribution in [0.15, 0.2) is 65.6 Å². The molecule has 4 aromatic rings. The fraction of sp³-hybridized carbons (Fsp3) is 0.0556. The quantitative estimate of drug-likeness (QED) is 0.630. The minimum atomic E-state index is -0.189. The fourth-order valence-electron chi connectivity index (χ4n) is 2.60. The van der Waals surface area contributed by atoms with Crippen molar-refractivity contribution >= 4 is 10.9 Å². The Morgan fingerprint density at radius 1 is 1.08 bits per heavy atom. The van der Waals surface area contributed by atoms with Gasteiger partial charge in [-0.15, -0.1) is 5.10 Å². The van der Waals surface area contributed by atoms with Gasteiger partial charge in [0.15, 0.2) is 0 Å². The summed E-state index contributed by atoms with van der Waals surface area (Å²) in [4.78, 5) is 15.2. The molecule has 2 aromatic carbocycles. The summed E-state index contributed by atoms with van der Waals surface area (Å²) in [6, 6.07) is 16.9. The van der Waals surface area contributed by atoms with Crippen LogP contribution >= 0.6 is 0 Å². The lowest BCUT2D eigenvalue weighted by molar-refractivity contribution is 0.414. The highest BCUT2D eigenvalue weighted by Crippen LogP contribution is 2.20. The first-order chi connectivity index (χ1) is 11.7. The van der Waals surface area contributed by atoms with Crippen LogP contribution in [0, 0.1) is 0 Å². The average Bonchev–Trinajstić information content (AvgIpc) is 3.11. The van der Waals surface area contributed by atoms with Crippen molar-refractivity contribution in [3.05, 3.63) is 71.1 Å². The van der Waals surface area contributed by atoms with E-state index in [-0.39, 0.29) is 5.56 Å². The minimum Gasteiger partial charge on any atom is -0.497 e. The first-order valence-electron chi connectivity index (χ1n) is 7.44. The van der Waals surface area contributed by atoms with Crippen LogP contribution in [0.1, 0.15) is 0 Å². The molecule has 1 N–H and O–H groups in total. The largest absolute Gasteiger partial charge is 0.497 e. The van der Waals surface area contributed by atoms with Crippen molar-refractivity contribution in [3.63, 3.8) is 0 Å². The molecule has 0 amide bonds. The van der Waals surface area contributed by atoms with E-state index in [1.54, 1.807) is 18.0 Å². The molecule has 24 heavy (non-hydrogen) atoms. The second kappa shape index (κ2) is 5.66. The Hall–Kier alpha value is -3.41. The number of aromatic nitrogens is 4. The number of nitrogens with one attached hydrogen (secondary N) is 1. The molecular weight excluding hydrogens is 304 g/mol. The Labute approximate surface area is 137 Å². The summed E-state index contributed by atoms with van der Waals surface area (Å²) in [5.74, 6) is 0.730.